The van der Waals surface area contributed by atoms with Crippen LogP contribution in [0.4, 0.5) is 9.93 Å². The van der Waals surface area contributed by atoms with Gasteiger partial charge >= 0.3 is 6.03 Å². The van der Waals surface area contributed by atoms with Crippen molar-refractivity contribution in [3.8, 4) is 0 Å². The van der Waals surface area contributed by atoms with Crippen LogP contribution < -0.4 is 16.0 Å². The predicted molar refractivity (Wildman–Crippen MR) is 120 cm³/mol. The summed E-state index contributed by atoms with van der Waals surface area (Å²) in [5.74, 6) is -0.653. The standard InChI is InChI=1S/C22H29N5O3S/c1-15(2)18(25-21(30)24-13-16-7-4-3-5-8-16)20(29)27-11-6-9-17(14-27)19(28)26-22-23-10-12-31-22/h3-5,7-8,10,12,15,17-18H,6,9,11,13-14H2,1-2H3,(H,23,26,28)(H2,24,25,30). The molecule has 3 rings (SSSR count). The van der Waals surface area contributed by atoms with Crippen LogP contribution in [0.5, 0.6) is 0 Å². The topological polar surface area (TPSA) is 103 Å². The molecule has 1 aliphatic heterocycles. The number of carbonyl (C=O) groups excluding carboxylic acids is 3. The van der Waals surface area contributed by atoms with Gasteiger partial charge in [-0.1, -0.05) is 44.2 Å². The Morgan fingerprint density at radius 3 is 2.68 bits per heavy atom. The molecule has 2 aromatic rings. The molecule has 3 N–H and O–H groups in total. The number of urea groups is 1. The zero-order valence-electron chi connectivity index (χ0n) is 17.8. The van der Waals surface area contributed by atoms with Gasteiger partial charge in [0.15, 0.2) is 5.13 Å². The van der Waals surface area contributed by atoms with E-state index in [2.05, 4.69) is 20.9 Å². The lowest BCUT2D eigenvalue weighted by Gasteiger charge is -2.35. The first kappa shape index (κ1) is 22.7. The highest BCUT2D eigenvalue weighted by Crippen LogP contribution is 2.21. The van der Waals surface area contributed by atoms with Crippen molar-refractivity contribution in [3.05, 3.63) is 47.5 Å². The lowest BCUT2D eigenvalue weighted by molar-refractivity contribution is -0.137. The summed E-state index contributed by atoms with van der Waals surface area (Å²) in [6.45, 7) is 5.10. The van der Waals surface area contributed by atoms with Crippen molar-refractivity contribution in [2.24, 2.45) is 11.8 Å². The average molecular weight is 444 g/mol. The molecule has 0 radical (unpaired) electrons. The van der Waals surface area contributed by atoms with Crippen molar-refractivity contribution in [2.45, 2.75) is 39.3 Å². The van der Waals surface area contributed by atoms with Crippen LogP contribution in [0, 0.1) is 11.8 Å². The maximum absolute atomic E-state index is 13.2. The van der Waals surface area contributed by atoms with Crippen LogP contribution in [0.15, 0.2) is 41.9 Å². The maximum Gasteiger partial charge on any atom is 0.315 e. The van der Waals surface area contributed by atoms with E-state index in [0.717, 1.165) is 18.4 Å². The molecule has 1 aromatic carbocycles. The van der Waals surface area contributed by atoms with Gasteiger partial charge in [-0.2, -0.15) is 0 Å². The molecule has 1 saturated heterocycles. The maximum atomic E-state index is 13.2. The number of rotatable bonds is 7. The first-order valence-electron chi connectivity index (χ1n) is 10.5. The number of hydrogen-bond donors (Lipinski definition) is 3. The van der Waals surface area contributed by atoms with Gasteiger partial charge in [0.25, 0.3) is 0 Å². The second-order valence-corrected chi connectivity index (χ2v) is 8.88. The smallest absolute Gasteiger partial charge is 0.315 e. The summed E-state index contributed by atoms with van der Waals surface area (Å²) < 4.78 is 0. The van der Waals surface area contributed by atoms with Crippen LogP contribution in [0.1, 0.15) is 32.3 Å². The second-order valence-electron chi connectivity index (χ2n) is 7.98. The number of carbonyl (C=O) groups is 3. The number of anilines is 1. The van der Waals surface area contributed by atoms with Crippen molar-refractivity contribution >= 4 is 34.3 Å². The molecule has 166 valence electrons. The number of thiazole rings is 1. The minimum absolute atomic E-state index is 0.0838. The number of benzene rings is 1. The molecule has 4 amide bonds. The predicted octanol–water partition coefficient (Wildman–Crippen LogP) is 2.84. The molecule has 0 spiro atoms. The summed E-state index contributed by atoms with van der Waals surface area (Å²) in [4.78, 5) is 43.9. The first-order chi connectivity index (χ1) is 14.9. The van der Waals surface area contributed by atoms with E-state index in [1.165, 1.54) is 11.3 Å². The Balaban J connectivity index is 1.55. The molecule has 0 bridgehead atoms. The van der Waals surface area contributed by atoms with E-state index < -0.39 is 6.04 Å². The second kappa shape index (κ2) is 10.9. The van der Waals surface area contributed by atoms with Crippen LogP contribution in [0.25, 0.3) is 0 Å². The Kier molecular flexibility index (Phi) is 8.00. The minimum Gasteiger partial charge on any atom is -0.340 e. The van der Waals surface area contributed by atoms with Crippen LogP contribution in [0.3, 0.4) is 0 Å². The van der Waals surface area contributed by atoms with Crippen LogP contribution >= 0.6 is 11.3 Å². The molecule has 8 nitrogen and oxygen atoms in total. The molecule has 1 aliphatic rings. The number of piperidine rings is 1. The minimum atomic E-state index is -0.656. The highest BCUT2D eigenvalue weighted by atomic mass is 32.1. The monoisotopic (exact) mass is 443 g/mol. The van der Waals surface area contributed by atoms with E-state index in [9.17, 15) is 14.4 Å². The van der Waals surface area contributed by atoms with E-state index in [4.69, 9.17) is 0 Å². The number of likely N-dealkylation sites (tertiary alicyclic amines) is 1. The zero-order valence-corrected chi connectivity index (χ0v) is 18.7. The van der Waals surface area contributed by atoms with Gasteiger partial charge in [0.2, 0.25) is 11.8 Å². The van der Waals surface area contributed by atoms with E-state index in [1.54, 1.807) is 16.5 Å². The fraction of sp³-hybridized carbons (Fsp3) is 0.455. The Bertz CT molecular complexity index is 873. The molecule has 1 aromatic heterocycles. The van der Waals surface area contributed by atoms with Crippen LogP contribution in [-0.4, -0.2) is 46.9 Å². The third-order valence-electron chi connectivity index (χ3n) is 5.28. The quantitative estimate of drug-likeness (QED) is 0.612. The summed E-state index contributed by atoms with van der Waals surface area (Å²) in [6, 6.07) is 8.55. The lowest BCUT2D eigenvalue weighted by atomic mass is 9.95. The Labute approximate surface area is 186 Å². The van der Waals surface area contributed by atoms with Gasteiger partial charge < -0.3 is 20.9 Å². The number of hydrogen-bond acceptors (Lipinski definition) is 5. The molecule has 2 unspecified atom stereocenters. The molecular formula is C22H29N5O3S. The largest absolute Gasteiger partial charge is 0.340 e. The molecule has 9 heteroatoms. The summed E-state index contributed by atoms with van der Waals surface area (Å²) >= 11 is 1.36. The summed E-state index contributed by atoms with van der Waals surface area (Å²) in [5.41, 5.74) is 0.982. The molecule has 0 aliphatic carbocycles. The number of amides is 4. The van der Waals surface area contributed by atoms with Gasteiger partial charge in [0.1, 0.15) is 6.04 Å². The highest BCUT2D eigenvalue weighted by Gasteiger charge is 2.34. The zero-order chi connectivity index (χ0) is 22.2. The molecule has 2 heterocycles. The van der Waals surface area contributed by atoms with Crippen molar-refractivity contribution in [1.82, 2.24) is 20.5 Å². The molecule has 0 saturated carbocycles. The van der Waals surface area contributed by atoms with Gasteiger partial charge in [-0.25, -0.2) is 9.78 Å². The van der Waals surface area contributed by atoms with Crippen molar-refractivity contribution in [2.75, 3.05) is 18.4 Å². The van der Waals surface area contributed by atoms with E-state index >= 15 is 0 Å². The highest BCUT2D eigenvalue weighted by molar-refractivity contribution is 7.13. The van der Waals surface area contributed by atoms with Gasteiger partial charge in [-0.3, -0.25) is 9.59 Å². The van der Waals surface area contributed by atoms with E-state index in [1.807, 2.05) is 44.2 Å². The molecular weight excluding hydrogens is 414 g/mol. The van der Waals surface area contributed by atoms with Gasteiger partial charge in [0.05, 0.1) is 5.92 Å². The van der Waals surface area contributed by atoms with Gasteiger partial charge in [-0.05, 0) is 24.3 Å². The SMILES string of the molecule is CC(C)C(NC(=O)NCc1ccccc1)C(=O)N1CCCC(C(=O)Nc2nccs2)C1. The van der Waals surface area contributed by atoms with E-state index in [0.29, 0.717) is 24.8 Å². The normalized spacial score (nSPS) is 17.1. The van der Waals surface area contributed by atoms with E-state index in [-0.39, 0.29) is 29.7 Å². The van der Waals surface area contributed by atoms with Crippen LogP contribution in [-0.2, 0) is 16.1 Å². The van der Waals surface area contributed by atoms with Crippen LogP contribution in [0.2, 0.25) is 0 Å². The third kappa shape index (κ3) is 6.52. The Morgan fingerprint density at radius 1 is 1.23 bits per heavy atom. The lowest BCUT2D eigenvalue weighted by Crippen LogP contribution is -2.55. The van der Waals surface area contributed by atoms with Gasteiger partial charge in [-0.15, -0.1) is 11.3 Å². The summed E-state index contributed by atoms with van der Waals surface area (Å²) in [7, 11) is 0. The molecule has 2 atom stereocenters. The van der Waals surface area contributed by atoms with Crippen molar-refractivity contribution in [1.29, 1.82) is 0 Å². The first-order valence-corrected chi connectivity index (χ1v) is 11.4. The van der Waals surface area contributed by atoms with Crippen molar-refractivity contribution in [3.63, 3.8) is 0 Å². The average Bonchev–Trinajstić information content (AvgIpc) is 3.29. The Morgan fingerprint density at radius 2 is 2.00 bits per heavy atom. The summed E-state index contributed by atoms with van der Waals surface area (Å²) in [6.07, 6.45) is 3.10. The fourth-order valence-corrected chi connectivity index (χ4v) is 4.10. The molecule has 31 heavy (non-hydrogen) atoms. The number of aromatic nitrogens is 1. The third-order valence-corrected chi connectivity index (χ3v) is 5.97. The van der Waals surface area contributed by atoms with Gasteiger partial charge in [0, 0.05) is 31.2 Å². The van der Waals surface area contributed by atoms with Crippen molar-refractivity contribution < 1.29 is 14.4 Å². The number of nitrogens with zero attached hydrogens (tertiary/aromatic N) is 2. The number of nitrogens with one attached hydrogen (secondary N) is 3. The Hall–Kier alpha value is -2.94. The fourth-order valence-electron chi connectivity index (χ4n) is 3.56. The summed E-state index contributed by atoms with van der Waals surface area (Å²) in [5, 5.41) is 10.8. The molecule has 1 fully saturated rings.